The summed E-state index contributed by atoms with van der Waals surface area (Å²) in [6, 6.07) is 6.33. The Balaban J connectivity index is 1.58. The van der Waals surface area contributed by atoms with Crippen molar-refractivity contribution < 1.29 is 36.9 Å². The Bertz CT molecular complexity index is 1100. The number of ether oxygens (including phenoxy) is 2. The van der Waals surface area contributed by atoms with Gasteiger partial charge in [0.05, 0.1) is 0 Å². The number of aromatic nitrogens is 1. The van der Waals surface area contributed by atoms with Crippen molar-refractivity contribution in [2.45, 2.75) is 38.0 Å². The van der Waals surface area contributed by atoms with Gasteiger partial charge < -0.3 is 29.2 Å². The molecule has 0 bridgehead atoms. The fourth-order valence-electron chi connectivity index (χ4n) is 4.76. The molecule has 1 saturated heterocycles. The summed E-state index contributed by atoms with van der Waals surface area (Å²) in [4.78, 5) is 32.9. The van der Waals surface area contributed by atoms with Gasteiger partial charge in [0.25, 0.3) is 0 Å². The molecule has 1 aromatic carbocycles. The summed E-state index contributed by atoms with van der Waals surface area (Å²) in [6.45, 7) is 1.31. The van der Waals surface area contributed by atoms with E-state index in [2.05, 4.69) is 15.1 Å². The van der Waals surface area contributed by atoms with Gasteiger partial charge in [0.1, 0.15) is 6.04 Å². The summed E-state index contributed by atoms with van der Waals surface area (Å²) in [5, 5.41) is 2.69. The van der Waals surface area contributed by atoms with E-state index in [1.54, 1.807) is 31.6 Å². The first-order valence-electron chi connectivity index (χ1n) is 12.4. The third-order valence-corrected chi connectivity index (χ3v) is 6.79. The lowest BCUT2D eigenvalue weighted by Crippen LogP contribution is -2.49. The largest absolute Gasteiger partial charge is 0.471 e. The zero-order valence-corrected chi connectivity index (χ0v) is 21.1. The summed E-state index contributed by atoms with van der Waals surface area (Å²) >= 11 is 0. The van der Waals surface area contributed by atoms with Crippen LogP contribution in [-0.4, -0.2) is 73.8 Å². The Morgan fingerprint density at radius 2 is 1.89 bits per heavy atom. The Hall–Kier alpha value is -3.32. The van der Waals surface area contributed by atoms with Gasteiger partial charge in [-0.15, -0.1) is 0 Å². The Kier molecular flexibility index (Phi) is 9.11. The second-order valence-corrected chi connectivity index (χ2v) is 9.35. The van der Waals surface area contributed by atoms with E-state index >= 15 is 0 Å². The lowest BCUT2D eigenvalue weighted by molar-refractivity contribution is -0.189. The third kappa shape index (κ3) is 6.96. The van der Waals surface area contributed by atoms with E-state index in [0.717, 1.165) is 25.9 Å². The van der Waals surface area contributed by atoms with E-state index < -0.39 is 24.0 Å². The molecule has 4 rings (SSSR count). The normalized spacial score (nSPS) is 16.6. The van der Waals surface area contributed by atoms with Crippen LogP contribution in [0.3, 0.4) is 0 Å². The van der Waals surface area contributed by atoms with Crippen LogP contribution in [0.4, 0.5) is 13.2 Å². The second-order valence-electron chi connectivity index (χ2n) is 9.35. The maximum atomic E-state index is 13.8. The van der Waals surface area contributed by atoms with Crippen molar-refractivity contribution in [2.24, 2.45) is 5.92 Å². The molecule has 1 fully saturated rings. The summed E-state index contributed by atoms with van der Waals surface area (Å²) in [5.74, 6) is -1.95. The van der Waals surface area contributed by atoms with Crippen molar-refractivity contribution in [3.63, 3.8) is 0 Å². The van der Waals surface area contributed by atoms with Crippen molar-refractivity contribution in [3.8, 4) is 11.5 Å². The van der Waals surface area contributed by atoms with Gasteiger partial charge in [0, 0.05) is 32.6 Å². The molecule has 1 N–H and O–H groups in total. The number of halogens is 3. The van der Waals surface area contributed by atoms with Crippen LogP contribution in [0.25, 0.3) is 0 Å². The average molecular weight is 534 g/mol. The molecule has 0 saturated carbocycles. The highest BCUT2D eigenvalue weighted by Crippen LogP contribution is 2.37. The van der Waals surface area contributed by atoms with Gasteiger partial charge in [-0.2, -0.15) is 13.2 Å². The van der Waals surface area contributed by atoms with Crippen molar-refractivity contribution in [2.75, 3.05) is 33.5 Å². The summed E-state index contributed by atoms with van der Waals surface area (Å²) < 4.78 is 57.3. The number of amides is 2. The van der Waals surface area contributed by atoms with E-state index in [0.29, 0.717) is 36.0 Å². The SMILES string of the molecule is COBN1CCC(CCN(C(=O)C(F)(F)F)C(C(=O)NCc2ccncc2)c2ccc3c(c2)OCO3)CC1. The second kappa shape index (κ2) is 12.5. The lowest BCUT2D eigenvalue weighted by atomic mass is 9.90. The molecule has 0 spiro atoms. The minimum Gasteiger partial charge on any atom is -0.454 e. The lowest BCUT2D eigenvalue weighted by Gasteiger charge is -2.35. The van der Waals surface area contributed by atoms with Crippen LogP contribution in [0.15, 0.2) is 42.7 Å². The molecule has 2 aliphatic rings. The number of carbonyl (C=O) groups is 2. The maximum Gasteiger partial charge on any atom is 0.471 e. The Morgan fingerprint density at radius 1 is 1.18 bits per heavy atom. The van der Waals surface area contributed by atoms with Crippen LogP contribution >= 0.6 is 0 Å². The van der Waals surface area contributed by atoms with Gasteiger partial charge in [-0.1, -0.05) is 6.07 Å². The van der Waals surface area contributed by atoms with Crippen molar-refractivity contribution in [1.82, 2.24) is 20.0 Å². The number of carbonyl (C=O) groups excluding carboxylic acids is 2. The van der Waals surface area contributed by atoms with Gasteiger partial charge in [-0.25, -0.2) is 0 Å². The van der Waals surface area contributed by atoms with Crippen molar-refractivity contribution >= 4 is 19.4 Å². The summed E-state index contributed by atoms with van der Waals surface area (Å²) in [5.41, 5.74) is 0.920. The quantitative estimate of drug-likeness (QED) is 0.469. The predicted molar refractivity (Wildman–Crippen MR) is 132 cm³/mol. The molecule has 0 aliphatic carbocycles. The van der Waals surface area contributed by atoms with Crippen LogP contribution in [0.5, 0.6) is 11.5 Å². The van der Waals surface area contributed by atoms with E-state index in [-0.39, 0.29) is 31.4 Å². The minimum atomic E-state index is -5.15. The Morgan fingerprint density at radius 3 is 2.58 bits per heavy atom. The smallest absolute Gasteiger partial charge is 0.454 e. The number of hydrogen-bond donors (Lipinski definition) is 1. The molecule has 1 unspecified atom stereocenters. The highest BCUT2D eigenvalue weighted by Gasteiger charge is 2.47. The molecule has 0 radical (unpaired) electrons. The van der Waals surface area contributed by atoms with Gasteiger partial charge in [0.15, 0.2) is 11.5 Å². The van der Waals surface area contributed by atoms with Crippen LogP contribution in [0.1, 0.15) is 36.4 Å². The average Bonchev–Trinajstić information content (AvgIpc) is 3.38. The molecule has 2 aromatic rings. The number of benzene rings is 1. The topological polar surface area (TPSA) is 93.2 Å². The molecule has 1 aromatic heterocycles. The number of fused-ring (bicyclic) bond motifs is 1. The molecule has 204 valence electrons. The number of hydrogen-bond acceptors (Lipinski definition) is 7. The summed E-state index contributed by atoms with van der Waals surface area (Å²) in [6.07, 6.45) is -0.188. The van der Waals surface area contributed by atoms with E-state index in [1.165, 1.54) is 18.2 Å². The number of pyridine rings is 1. The Labute approximate surface area is 219 Å². The van der Waals surface area contributed by atoms with Gasteiger partial charge in [0.2, 0.25) is 12.7 Å². The zero-order valence-electron chi connectivity index (χ0n) is 21.1. The zero-order chi connectivity index (χ0) is 27.1. The van der Waals surface area contributed by atoms with Gasteiger partial charge in [-0.3, -0.25) is 14.6 Å². The molecule has 38 heavy (non-hydrogen) atoms. The molecule has 1 atom stereocenters. The maximum absolute atomic E-state index is 13.8. The number of nitrogens with zero attached hydrogens (tertiary/aromatic N) is 3. The molecule has 9 nitrogen and oxygen atoms in total. The van der Waals surface area contributed by atoms with Gasteiger partial charge >= 0.3 is 19.7 Å². The summed E-state index contributed by atoms with van der Waals surface area (Å²) in [7, 11) is 2.11. The molecular formula is C25H30BF3N4O5. The predicted octanol–water partition coefficient (Wildman–Crippen LogP) is 2.57. The van der Waals surface area contributed by atoms with E-state index in [1.807, 2.05) is 0 Å². The first kappa shape index (κ1) is 27.7. The monoisotopic (exact) mass is 534 g/mol. The van der Waals surface area contributed by atoms with Crippen LogP contribution < -0.4 is 14.8 Å². The van der Waals surface area contributed by atoms with Crippen LogP contribution in [-0.2, 0) is 20.8 Å². The first-order valence-corrected chi connectivity index (χ1v) is 12.4. The number of nitrogens with one attached hydrogen (secondary N) is 1. The fraction of sp³-hybridized carbons (Fsp3) is 0.480. The minimum absolute atomic E-state index is 0.0370. The molecule has 2 amide bonds. The highest BCUT2D eigenvalue weighted by molar-refractivity contribution is 6.23. The number of rotatable bonds is 10. The highest BCUT2D eigenvalue weighted by atomic mass is 19.4. The molecule has 3 heterocycles. The molecular weight excluding hydrogens is 504 g/mol. The van der Waals surface area contributed by atoms with Crippen LogP contribution in [0.2, 0.25) is 0 Å². The van der Waals surface area contributed by atoms with Crippen molar-refractivity contribution in [3.05, 3.63) is 53.9 Å². The molecule has 13 heteroatoms. The third-order valence-electron chi connectivity index (χ3n) is 6.79. The van der Waals surface area contributed by atoms with Gasteiger partial charge in [-0.05, 0) is 73.7 Å². The van der Waals surface area contributed by atoms with Crippen LogP contribution in [0, 0.1) is 5.92 Å². The van der Waals surface area contributed by atoms with E-state index in [9.17, 15) is 22.8 Å². The van der Waals surface area contributed by atoms with Crippen molar-refractivity contribution in [1.29, 1.82) is 0 Å². The number of alkyl halides is 3. The fourth-order valence-corrected chi connectivity index (χ4v) is 4.76. The molecule has 2 aliphatic heterocycles. The first-order chi connectivity index (χ1) is 18.3. The number of piperidine rings is 1. The standard InChI is InChI=1S/C25H30BF3N4O5/c1-36-26-32-11-6-17(7-12-32)8-13-33(24(35)25(27,28)29)22(19-2-3-20-21(14-19)38-16-37-20)23(34)31-15-18-4-9-30-10-5-18/h2-5,9-10,14,17,22,26H,6-8,11-13,15-16H2,1H3,(H,31,34). The van der Waals surface area contributed by atoms with E-state index in [4.69, 9.17) is 14.1 Å².